The van der Waals surface area contributed by atoms with Crippen LogP contribution in [0.25, 0.3) is 10.6 Å². The molecule has 1 aromatic heterocycles. The van der Waals surface area contributed by atoms with Crippen LogP contribution in [0.1, 0.15) is 30.0 Å². The van der Waals surface area contributed by atoms with Crippen LogP contribution in [0.2, 0.25) is 5.02 Å². The van der Waals surface area contributed by atoms with Crippen LogP contribution in [0.3, 0.4) is 0 Å². The minimum Gasteiger partial charge on any atom is -0.347 e. The highest BCUT2D eigenvalue weighted by Gasteiger charge is 2.20. The number of hydrogen-bond donors (Lipinski definition) is 2. The van der Waals surface area contributed by atoms with Crippen LogP contribution in [0.4, 0.5) is 0 Å². The number of rotatable bonds is 7. The molecule has 2 aromatic rings. The molecular formula is C17H22ClN3OS2. The van der Waals surface area contributed by atoms with Gasteiger partial charge in [-0.15, -0.1) is 11.3 Å². The molecule has 0 saturated heterocycles. The largest absolute Gasteiger partial charge is 0.347 e. The zero-order valence-corrected chi connectivity index (χ0v) is 16.4. The number of nitrogens with zero attached hydrogens (tertiary/aromatic N) is 1. The lowest BCUT2D eigenvalue weighted by atomic mass is 10.2. The van der Waals surface area contributed by atoms with Gasteiger partial charge in [-0.3, -0.25) is 4.79 Å². The molecule has 2 rings (SSSR count). The molecule has 24 heavy (non-hydrogen) atoms. The third kappa shape index (κ3) is 4.96. The van der Waals surface area contributed by atoms with Gasteiger partial charge in [-0.05, 0) is 44.4 Å². The third-order valence-corrected chi connectivity index (χ3v) is 5.93. The molecule has 130 valence electrons. The second kappa shape index (κ2) is 8.85. The van der Waals surface area contributed by atoms with Crippen LogP contribution >= 0.6 is 34.7 Å². The second-order valence-corrected chi connectivity index (χ2v) is 8.05. The highest BCUT2D eigenvalue weighted by atomic mass is 35.5. The first kappa shape index (κ1) is 19.2. The maximum absolute atomic E-state index is 12.2. The molecule has 0 aliphatic carbocycles. The fourth-order valence-corrected chi connectivity index (χ4v) is 3.98. The van der Waals surface area contributed by atoms with Gasteiger partial charge in [0, 0.05) is 10.6 Å². The average molecular weight is 384 g/mol. The molecular weight excluding hydrogens is 362 g/mol. The molecule has 0 spiro atoms. The molecule has 0 aliphatic rings. The fraction of sp³-hybridized carbons (Fsp3) is 0.412. The van der Waals surface area contributed by atoms with E-state index in [0.29, 0.717) is 11.4 Å². The Morgan fingerprint density at radius 3 is 2.71 bits per heavy atom. The summed E-state index contributed by atoms with van der Waals surface area (Å²) in [5, 5.41) is 4.62. The van der Waals surface area contributed by atoms with Crippen molar-refractivity contribution in [2.75, 3.05) is 12.0 Å². The van der Waals surface area contributed by atoms with Gasteiger partial charge in [0.05, 0.1) is 22.7 Å². The Morgan fingerprint density at radius 2 is 2.08 bits per heavy atom. The van der Waals surface area contributed by atoms with E-state index in [1.165, 1.54) is 0 Å². The summed E-state index contributed by atoms with van der Waals surface area (Å²) in [4.78, 5) is 17.9. The van der Waals surface area contributed by atoms with Gasteiger partial charge in [-0.2, -0.15) is 11.8 Å². The summed E-state index contributed by atoms with van der Waals surface area (Å²) in [5.74, 6) is 0.765. The topological polar surface area (TPSA) is 68.0 Å². The van der Waals surface area contributed by atoms with E-state index < -0.39 is 6.04 Å². The van der Waals surface area contributed by atoms with Crippen molar-refractivity contribution in [3.63, 3.8) is 0 Å². The maximum atomic E-state index is 12.2. The quantitative estimate of drug-likeness (QED) is 0.757. The number of carbonyl (C=O) groups is 1. The molecule has 2 atom stereocenters. The highest BCUT2D eigenvalue weighted by molar-refractivity contribution is 7.98. The predicted octanol–water partition coefficient (Wildman–Crippen LogP) is 4.03. The van der Waals surface area contributed by atoms with E-state index >= 15 is 0 Å². The molecule has 0 fully saturated rings. The van der Waals surface area contributed by atoms with Crippen molar-refractivity contribution < 1.29 is 4.79 Å². The summed E-state index contributed by atoms with van der Waals surface area (Å²) in [6, 6.07) is 7.02. The Balaban J connectivity index is 2.08. The van der Waals surface area contributed by atoms with Crippen LogP contribution in [-0.4, -0.2) is 28.9 Å². The van der Waals surface area contributed by atoms with Crippen LogP contribution < -0.4 is 11.1 Å². The van der Waals surface area contributed by atoms with Crippen molar-refractivity contribution in [3.05, 3.63) is 39.9 Å². The number of thioether (sulfide) groups is 1. The van der Waals surface area contributed by atoms with Gasteiger partial charge in [-0.25, -0.2) is 4.98 Å². The Labute approximate surface area is 156 Å². The number of halogens is 1. The molecule has 1 aromatic carbocycles. The third-order valence-electron chi connectivity index (χ3n) is 3.65. The molecule has 0 aliphatic heterocycles. The zero-order chi connectivity index (χ0) is 17.7. The highest BCUT2D eigenvalue weighted by Crippen LogP contribution is 2.32. The molecule has 3 N–H and O–H groups in total. The molecule has 1 unspecified atom stereocenters. The van der Waals surface area contributed by atoms with E-state index in [0.717, 1.165) is 26.9 Å². The molecule has 0 saturated carbocycles. The summed E-state index contributed by atoms with van der Waals surface area (Å²) in [6.45, 7) is 3.92. The number of nitrogens with two attached hydrogens (primary N) is 1. The Kier molecular flexibility index (Phi) is 7.10. The zero-order valence-electron chi connectivity index (χ0n) is 14.0. The molecule has 0 radical (unpaired) electrons. The second-order valence-electron chi connectivity index (χ2n) is 5.59. The minimum absolute atomic E-state index is 0.114. The summed E-state index contributed by atoms with van der Waals surface area (Å²) >= 11 is 9.21. The average Bonchev–Trinajstić information content (AvgIpc) is 2.95. The van der Waals surface area contributed by atoms with Gasteiger partial charge in [-0.1, -0.05) is 23.7 Å². The van der Waals surface area contributed by atoms with Gasteiger partial charge >= 0.3 is 0 Å². The van der Waals surface area contributed by atoms with E-state index in [2.05, 4.69) is 10.3 Å². The first-order chi connectivity index (χ1) is 11.4. The monoisotopic (exact) mass is 383 g/mol. The fourth-order valence-electron chi connectivity index (χ4n) is 2.29. The van der Waals surface area contributed by atoms with Gasteiger partial charge < -0.3 is 11.1 Å². The number of hydrogen-bond acceptors (Lipinski definition) is 5. The molecule has 7 heteroatoms. The predicted molar refractivity (Wildman–Crippen MR) is 105 cm³/mol. The molecule has 4 nitrogen and oxygen atoms in total. The van der Waals surface area contributed by atoms with Crippen molar-refractivity contribution in [2.24, 2.45) is 5.73 Å². The summed E-state index contributed by atoms with van der Waals surface area (Å²) in [5.41, 5.74) is 7.88. The number of benzene rings is 1. The lowest BCUT2D eigenvalue weighted by Gasteiger charge is -2.16. The van der Waals surface area contributed by atoms with Crippen LogP contribution in [-0.2, 0) is 4.79 Å². The van der Waals surface area contributed by atoms with Gasteiger partial charge in [0.25, 0.3) is 0 Å². The van der Waals surface area contributed by atoms with Crippen LogP contribution in [0, 0.1) is 6.92 Å². The number of amides is 1. The lowest BCUT2D eigenvalue weighted by Crippen LogP contribution is -2.41. The van der Waals surface area contributed by atoms with Gasteiger partial charge in [0.2, 0.25) is 5.91 Å². The Morgan fingerprint density at radius 1 is 1.42 bits per heavy atom. The number of aryl methyl sites for hydroxylation is 1. The van der Waals surface area contributed by atoms with Crippen LogP contribution in [0.15, 0.2) is 24.3 Å². The Bertz CT molecular complexity index is 688. The number of thiazole rings is 1. The van der Waals surface area contributed by atoms with Crippen molar-refractivity contribution >= 4 is 40.6 Å². The van der Waals surface area contributed by atoms with Crippen molar-refractivity contribution in [2.45, 2.75) is 32.4 Å². The number of nitrogens with one attached hydrogen (secondary N) is 1. The van der Waals surface area contributed by atoms with E-state index in [-0.39, 0.29) is 11.9 Å². The van der Waals surface area contributed by atoms with Gasteiger partial charge in [0.15, 0.2) is 0 Å². The summed E-state index contributed by atoms with van der Waals surface area (Å²) in [7, 11) is 0. The molecule has 1 heterocycles. The maximum Gasteiger partial charge on any atom is 0.237 e. The minimum atomic E-state index is -0.469. The van der Waals surface area contributed by atoms with E-state index in [9.17, 15) is 4.79 Å². The smallest absolute Gasteiger partial charge is 0.237 e. The van der Waals surface area contributed by atoms with Crippen molar-refractivity contribution in [3.8, 4) is 10.6 Å². The Hall–Kier alpha value is -1.08. The first-order valence-corrected chi connectivity index (χ1v) is 10.3. The normalized spacial score (nSPS) is 13.5. The first-order valence-electron chi connectivity index (χ1n) is 7.70. The van der Waals surface area contributed by atoms with E-state index in [1.54, 1.807) is 23.1 Å². The standard InChI is InChI=1S/C17H22ClN3OS2/c1-10(20-16(22)14(19)8-9-23-3)15-11(2)21-17(24-15)12-4-6-13(18)7-5-12/h4-7,10,14H,8-9,19H2,1-3H3,(H,20,22)/t10?,14-/m0/s1. The molecule has 0 bridgehead atoms. The number of carbonyl (C=O) groups excluding carboxylic acids is 1. The molecule has 1 amide bonds. The SMILES string of the molecule is CSCC[C@H](N)C(=O)NC(C)c1sc(-c2ccc(Cl)cc2)nc1C. The van der Waals surface area contributed by atoms with E-state index in [1.807, 2.05) is 44.4 Å². The van der Waals surface area contributed by atoms with E-state index in [4.69, 9.17) is 17.3 Å². The number of aromatic nitrogens is 1. The summed E-state index contributed by atoms with van der Waals surface area (Å²) < 4.78 is 0. The van der Waals surface area contributed by atoms with Crippen molar-refractivity contribution in [1.29, 1.82) is 0 Å². The van der Waals surface area contributed by atoms with Crippen molar-refractivity contribution in [1.82, 2.24) is 10.3 Å². The van der Waals surface area contributed by atoms with Gasteiger partial charge in [0.1, 0.15) is 5.01 Å². The lowest BCUT2D eigenvalue weighted by molar-refractivity contribution is -0.123. The summed E-state index contributed by atoms with van der Waals surface area (Å²) in [6.07, 6.45) is 2.68. The van der Waals surface area contributed by atoms with Crippen LogP contribution in [0.5, 0.6) is 0 Å².